The van der Waals surface area contributed by atoms with E-state index in [9.17, 15) is 18.5 Å². The first-order chi connectivity index (χ1) is 9.94. The molecule has 21 heavy (non-hydrogen) atoms. The summed E-state index contributed by atoms with van der Waals surface area (Å²) in [5.74, 6) is 1.59. The van der Waals surface area contributed by atoms with Crippen molar-refractivity contribution in [3.63, 3.8) is 0 Å². The van der Waals surface area contributed by atoms with Gasteiger partial charge in [-0.2, -0.15) is 11.8 Å². The van der Waals surface area contributed by atoms with Crippen LogP contribution in [0.15, 0.2) is 23.1 Å². The molecule has 1 aliphatic rings. The van der Waals surface area contributed by atoms with E-state index in [-0.39, 0.29) is 10.9 Å². The first-order valence-corrected chi connectivity index (χ1v) is 9.20. The maximum absolute atomic E-state index is 12.3. The third-order valence-electron chi connectivity index (χ3n) is 3.08. The van der Waals surface area contributed by atoms with Gasteiger partial charge in [0.2, 0.25) is 10.0 Å². The van der Waals surface area contributed by atoms with Crippen LogP contribution in [0.2, 0.25) is 0 Å². The van der Waals surface area contributed by atoms with Crippen molar-refractivity contribution in [2.75, 3.05) is 23.4 Å². The summed E-state index contributed by atoms with van der Waals surface area (Å²) in [5, 5.41) is 14.1. The van der Waals surface area contributed by atoms with Gasteiger partial charge in [0, 0.05) is 30.1 Å². The summed E-state index contributed by atoms with van der Waals surface area (Å²) < 4.78 is 27.2. The Hall–Kier alpha value is -1.32. The third-order valence-corrected chi connectivity index (χ3v) is 5.81. The van der Waals surface area contributed by atoms with Crippen LogP contribution in [0.25, 0.3) is 0 Å². The average molecular weight is 331 g/mol. The molecule has 0 spiro atoms. The quantitative estimate of drug-likeness (QED) is 0.609. The highest BCUT2D eigenvalue weighted by atomic mass is 32.2. The molecule has 0 aromatic heterocycles. The van der Waals surface area contributed by atoms with Gasteiger partial charge in [-0.25, -0.2) is 13.1 Å². The van der Waals surface area contributed by atoms with Crippen LogP contribution in [-0.2, 0) is 10.0 Å². The molecule has 1 heterocycles. The molecule has 0 saturated carbocycles. The van der Waals surface area contributed by atoms with Gasteiger partial charge in [-0.3, -0.25) is 10.1 Å². The molecule has 1 fully saturated rings. The molecule has 1 unspecified atom stereocenters. The third kappa shape index (κ3) is 3.86. The number of nitrogens with zero attached hydrogens (tertiary/aromatic N) is 1. The van der Waals surface area contributed by atoms with E-state index in [1.54, 1.807) is 11.8 Å². The number of thioether (sulfide) groups is 1. The Morgan fingerprint density at radius 3 is 2.81 bits per heavy atom. The van der Waals surface area contributed by atoms with Crippen LogP contribution in [0.4, 0.5) is 11.4 Å². The molecule has 1 aliphatic heterocycles. The lowest BCUT2D eigenvalue weighted by Gasteiger charge is -2.13. The van der Waals surface area contributed by atoms with Crippen molar-refractivity contribution in [3.8, 4) is 0 Å². The Morgan fingerprint density at radius 1 is 1.48 bits per heavy atom. The van der Waals surface area contributed by atoms with Crippen molar-refractivity contribution < 1.29 is 13.3 Å². The number of hydrogen-bond donors (Lipinski definition) is 2. The SMILES string of the molecule is CCNc1ccc(S(=O)(=O)NC2CCSC2)c([N+](=O)[O-])c1. The van der Waals surface area contributed by atoms with Gasteiger partial charge in [0.25, 0.3) is 5.69 Å². The van der Waals surface area contributed by atoms with Gasteiger partial charge >= 0.3 is 0 Å². The van der Waals surface area contributed by atoms with Crippen molar-refractivity contribution in [2.45, 2.75) is 24.3 Å². The predicted octanol–water partition coefficient (Wildman–Crippen LogP) is 1.81. The molecule has 0 amide bonds. The zero-order chi connectivity index (χ0) is 15.5. The Morgan fingerprint density at radius 2 is 2.24 bits per heavy atom. The minimum atomic E-state index is -3.88. The van der Waals surface area contributed by atoms with Crippen molar-refractivity contribution in [1.82, 2.24) is 4.72 Å². The fourth-order valence-corrected chi connectivity index (χ4v) is 4.79. The van der Waals surface area contributed by atoms with E-state index in [0.717, 1.165) is 12.2 Å². The van der Waals surface area contributed by atoms with Gasteiger partial charge in [0.15, 0.2) is 4.90 Å². The molecule has 9 heteroatoms. The number of nitrogens with one attached hydrogen (secondary N) is 2. The Balaban J connectivity index is 2.34. The number of nitro benzene ring substituents is 1. The molecule has 1 aromatic rings. The first kappa shape index (κ1) is 16.1. The van der Waals surface area contributed by atoms with E-state index in [2.05, 4.69) is 10.0 Å². The topological polar surface area (TPSA) is 101 Å². The van der Waals surface area contributed by atoms with Crippen LogP contribution >= 0.6 is 11.8 Å². The zero-order valence-electron chi connectivity index (χ0n) is 11.5. The van der Waals surface area contributed by atoms with Gasteiger partial charge in [-0.1, -0.05) is 0 Å². The molecule has 116 valence electrons. The number of hydrogen-bond acceptors (Lipinski definition) is 6. The second-order valence-corrected chi connectivity index (χ2v) is 7.48. The summed E-state index contributed by atoms with van der Waals surface area (Å²) >= 11 is 1.67. The number of anilines is 1. The van der Waals surface area contributed by atoms with E-state index < -0.39 is 20.6 Å². The highest BCUT2D eigenvalue weighted by molar-refractivity contribution is 7.99. The summed E-state index contributed by atoms with van der Waals surface area (Å²) in [6.07, 6.45) is 0.743. The molecule has 1 saturated heterocycles. The Bertz CT molecular complexity index is 627. The summed E-state index contributed by atoms with van der Waals surface area (Å²) in [6, 6.07) is 3.91. The van der Waals surface area contributed by atoms with Gasteiger partial charge < -0.3 is 5.32 Å². The van der Waals surface area contributed by atoms with E-state index in [4.69, 9.17) is 0 Å². The first-order valence-electron chi connectivity index (χ1n) is 6.56. The van der Waals surface area contributed by atoms with Crippen LogP contribution < -0.4 is 10.0 Å². The molecule has 7 nitrogen and oxygen atoms in total. The minimum absolute atomic E-state index is 0.159. The lowest BCUT2D eigenvalue weighted by Crippen LogP contribution is -2.34. The molecule has 2 N–H and O–H groups in total. The number of benzene rings is 1. The summed E-state index contributed by atoms with van der Waals surface area (Å²) in [7, 11) is -3.88. The molecule has 2 rings (SSSR count). The molecule has 1 aromatic carbocycles. The van der Waals surface area contributed by atoms with Crippen molar-refractivity contribution in [2.24, 2.45) is 0 Å². The zero-order valence-corrected chi connectivity index (χ0v) is 13.2. The van der Waals surface area contributed by atoms with E-state index in [1.165, 1.54) is 18.2 Å². The van der Waals surface area contributed by atoms with Crippen molar-refractivity contribution in [3.05, 3.63) is 28.3 Å². The number of rotatable bonds is 6. The minimum Gasteiger partial charge on any atom is -0.385 e. The molecule has 0 aliphatic carbocycles. The Kier molecular flexibility index (Phi) is 5.07. The smallest absolute Gasteiger partial charge is 0.291 e. The van der Waals surface area contributed by atoms with Gasteiger partial charge in [0.05, 0.1) is 4.92 Å². The highest BCUT2D eigenvalue weighted by Gasteiger charge is 2.29. The molecular weight excluding hydrogens is 314 g/mol. The number of sulfonamides is 1. The second kappa shape index (κ2) is 6.63. The van der Waals surface area contributed by atoms with Gasteiger partial charge in [-0.15, -0.1) is 0 Å². The lowest BCUT2D eigenvalue weighted by molar-refractivity contribution is -0.387. The van der Waals surface area contributed by atoms with Crippen LogP contribution in [0.1, 0.15) is 13.3 Å². The largest absolute Gasteiger partial charge is 0.385 e. The molecule has 0 bridgehead atoms. The fraction of sp³-hybridized carbons (Fsp3) is 0.500. The summed E-state index contributed by atoms with van der Waals surface area (Å²) in [4.78, 5) is 10.2. The van der Waals surface area contributed by atoms with Crippen LogP contribution in [0, 0.1) is 10.1 Å². The van der Waals surface area contributed by atoms with E-state index in [1.807, 2.05) is 6.92 Å². The second-order valence-electron chi connectivity index (χ2n) is 4.65. The highest BCUT2D eigenvalue weighted by Crippen LogP contribution is 2.28. The number of nitro groups is 1. The average Bonchev–Trinajstić information content (AvgIpc) is 2.91. The standard InChI is InChI=1S/C12H17N3O4S2/c1-2-13-9-3-4-12(11(7-9)15(16)17)21(18,19)14-10-5-6-20-8-10/h3-4,7,10,13-14H,2,5-6,8H2,1H3. The van der Waals surface area contributed by atoms with Crippen LogP contribution in [0.5, 0.6) is 0 Å². The fourth-order valence-electron chi connectivity index (χ4n) is 2.11. The summed E-state index contributed by atoms with van der Waals surface area (Å²) in [6.45, 7) is 2.45. The normalized spacial score (nSPS) is 18.6. The predicted molar refractivity (Wildman–Crippen MR) is 83.3 cm³/mol. The molecule has 1 atom stereocenters. The van der Waals surface area contributed by atoms with Crippen molar-refractivity contribution >= 4 is 33.2 Å². The summed E-state index contributed by atoms with van der Waals surface area (Å²) in [5.41, 5.74) is 0.117. The van der Waals surface area contributed by atoms with E-state index in [0.29, 0.717) is 18.0 Å². The van der Waals surface area contributed by atoms with Gasteiger partial charge in [0.1, 0.15) is 0 Å². The van der Waals surface area contributed by atoms with Crippen LogP contribution in [-0.4, -0.2) is 37.4 Å². The Labute approximate surface area is 127 Å². The molecule has 0 radical (unpaired) electrons. The maximum Gasteiger partial charge on any atom is 0.291 e. The van der Waals surface area contributed by atoms with Crippen LogP contribution in [0.3, 0.4) is 0 Å². The van der Waals surface area contributed by atoms with Gasteiger partial charge in [-0.05, 0) is 31.2 Å². The van der Waals surface area contributed by atoms with E-state index >= 15 is 0 Å². The monoisotopic (exact) mass is 331 g/mol. The molecular formula is C12H17N3O4S2. The lowest BCUT2D eigenvalue weighted by atomic mass is 10.3. The maximum atomic E-state index is 12.3. The van der Waals surface area contributed by atoms with Crippen molar-refractivity contribution in [1.29, 1.82) is 0 Å².